The number of hydrogen-bond donors (Lipinski definition) is 2. The Hall–Kier alpha value is -3.76. The molecule has 2 aromatic carbocycles. The quantitative estimate of drug-likeness (QED) is 0.150. The maximum absolute atomic E-state index is 13.9. The van der Waals surface area contributed by atoms with Gasteiger partial charge < -0.3 is 24.3 Å². The molecule has 0 bridgehead atoms. The molecule has 2 aliphatic rings. The molecule has 10 nitrogen and oxygen atoms in total. The van der Waals surface area contributed by atoms with Gasteiger partial charge >= 0.3 is 0 Å². The lowest BCUT2D eigenvalue weighted by atomic mass is 10.1. The molecule has 1 saturated carbocycles. The second kappa shape index (κ2) is 14.0. The van der Waals surface area contributed by atoms with Gasteiger partial charge in [0.05, 0.1) is 32.2 Å². The maximum atomic E-state index is 13.9. The zero-order valence-corrected chi connectivity index (χ0v) is 23.4. The van der Waals surface area contributed by atoms with E-state index in [0.717, 1.165) is 43.2 Å². The van der Waals surface area contributed by atoms with E-state index < -0.39 is 6.10 Å². The molecule has 0 spiro atoms. The van der Waals surface area contributed by atoms with Gasteiger partial charge in [-0.1, -0.05) is 6.07 Å². The molecule has 1 aliphatic carbocycles. The zero-order valence-electron chi connectivity index (χ0n) is 23.4. The van der Waals surface area contributed by atoms with Crippen LogP contribution in [0.1, 0.15) is 48.0 Å². The predicted octanol–water partition coefficient (Wildman–Crippen LogP) is 3.63. The molecule has 2 amide bonds. The van der Waals surface area contributed by atoms with Crippen LogP contribution in [0.2, 0.25) is 0 Å². The fourth-order valence-corrected chi connectivity index (χ4v) is 4.87. The molecule has 0 aromatic heterocycles. The van der Waals surface area contributed by atoms with Crippen LogP contribution in [0.3, 0.4) is 0 Å². The Labute approximate surface area is 235 Å². The van der Waals surface area contributed by atoms with E-state index in [0.29, 0.717) is 48.9 Å². The summed E-state index contributed by atoms with van der Waals surface area (Å²) < 4.78 is 17.1. The van der Waals surface area contributed by atoms with Gasteiger partial charge in [-0.15, -0.1) is 0 Å². The van der Waals surface area contributed by atoms with Crippen molar-refractivity contribution in [2.45, 2.75) is 50.7 Å². The van der Waals surface area contributed by atoms with Crippen LogP contribution in [0.15, 0.2) is 41.4 Å². The summed E-state index contributed by atoms with van der Waals surface area (Å²) >= 11 is 0. The number of carbonyl (C=O) groups excluding carboxylic acids is 3. The molecule has 2 aromatic rings. The lowest BCUT2D eigenvalue weighted by Crippen LogP contribution is -2.39. The zero-order chi connectivity index (χ0) is 28.5. The maximum Gasteiger partial charge on any atom is 0.259 e. The van der Waals surface area contributed by atoms with Crippen LogP contribution in [-0.2, 0) is 20.7 Å². The van der Waals surface area contributed by atoms with Crippen LogP contribution in [0, 0.1) is 5.92 Å². The topological polar surface area (TPSA) is 119 Å². The van der Waals surface area contributed by atoms with E-state index in [1.54, 1.807) is 43.4 Å². The van der Waals surface area contributed by atoms with Crippen LogP contribution in [0.4, 0.5) is 11.4 Å². The summed E-state index contributed by atoms with van der Waals surface area (Å²) in [5.41, 5.74) is 2.76. The van der Waals surface area contributed by atoms with Crippen molar-refractivity contribution < 1.29 is 28.6 Å². The highest BCUT2D eigenvalue weighted by Crippen LogP contribution is 2.38. The summed E-state index contributed by atoms with van der Waals surface area (Å²) in [7, 11) is 4.99. The summed E-state index contributed by atoms with van der Waals surface area (Å²) in [5, 5.41) is 5.91. The van der Waals surface area contributed by atoms with Crippen LogP contribution < -0.4 is 25.0 Å². The molecule has 1 fully saturated rings. The minimum absolute atomic E-state index is 0.188. The first kappa shape index (κ1) is 29.2. The number of hydrogen-bond acceptors (Lipinski definition) is 8. The number of aldehydes is 1. The molecule has 0 radical (unpaired) electrons. The molecule has 40 heavy (non-hydrogen) atoms. The molecular weight excluding hydrogens is 512 g/mol. The third-order valence-corrected chi connectivity index (χ3v) is 7.01. The largest absolute Gasteiger partial charge is 0.493 e. The van der Waals surface area contributed by atoms with Crippen molar-refractivity contribution in [1.82, 2.24) is 5.32 Å². The van der Waals surface area contributed by atoms with Crippen molar-refractivity contribution in [2.75, 3.05) is 44.8 Å². The lowest BCUT2D eigenvalue weighted by Gasteiger charge is -2.24. The third-order valence-electron chi connectivity index (χ3n) is 7.01. The first-order valence-electron chi connectivity index (χ1n) is 13.7. The lowest BCUT2D eigenvalue weighted by molar-refractivity contribution is -0.129. The predicted molar refractivity (Wildman–Crippen MR) is 154 cm³/mol. The second-order valence-electron chi connectivity index (χ2n) is 9.99. The number of fused-ring (bicyclic) bond motifs is 1. The van der Waals surface area contributed by atoms with E-state index in [1.165, 1.54) is 7.11 Å². The van der Waals surface area contributed by atoms with Crippen molar-refractivity contribution in [1.29, 1.82) is 0 Å². The van der Waals surface area contributed by atoms with E-state index in [1.807, 2.05) is 18.2 Å². The highest BCUT2D eigenvalue weighted by Gasteiger charge is 2.38. The number of nitrogens with zero attached hydrogens (tertiary/aromatic N) is 2. The first-order valence-corrected chi connectivity index (χ1v) is 13.7. The van der Waals surface area contributed by atoms with Gasteiger partial charge in [0.25, 0.3) is 11.8 Å². The summed E-state index contributed by atoms with van der Waals surface area (Å²) in [6.07, 6.45) is 6.70. The molecule has 214 valence electrons. The van der Waals surface area contributed by atoms with Gasteiger partial charge in [-0.05, 0) is 74.5 Å². The van der Waals surface area contributed by atoms with Gasteiger partial charge in [0.2, 0.25) is 0 Å². The Morgan fingerprint density at radius 1 is 1.15 bits per heavy atom. The Balaban J connectivity index is 1.54. The summed E-state index contributed by atoms with van der Waals surface area (Å²) in [5.74, 6) is 0.816. The third kappa shape index (κ3) is 7.05. The normalized spacial score (nSPS) is 17.0. The van der Waals surface area contributed by atoms with Gasteiger partial charge in [-0.25, -0.2) is 0 Å². The van der Waals surface area contributed by atoms with Crippen molar-refractivity contribution >= 4 is 35.7 Å². The SMILES string of the molecule is C/N=C\C1Cc2ccc(NC(=O)C(OCNC)C3CC3)cc2N1C(=O)c1ccc(OCCCCC=O)c(OC)c1. The molecule has 2 N–H and O–H groups in total. The fraction of sp³-hybridized carbons (Fsp3) is 0.467. The molecular formula is C30H38N4O6. The minimum atomic E-state index is -0.517. The number of nitrogens with one attached hydrogen (secondary N) is 2. The summed E-state index contributed by atoms with van der Waals surface area (Å²) in [6, 6.07) is 10.5. The van der Waals surface area contributed by atoms with Crippen molar-refractivity contribution in [3.05, 3.63) is 47.5 Å². The van der Waals surface area contributed by atoms with Gasteiger partial charge in [-0.2, -0.15) is 0 Å². The second-order valence-corrected chi connectivity index (χ2v) is 9.99. The number of ether oxygens (including phenoxy) is 3. The number of amides is 2. The Morgan fingerprint density at radius 2 is 1.98 bits per heavy atom. The average molecular weight is 551 g/mol. The van der Waals surface area contributed by atoms with Crippen LogP contribution in [0.25, 0.3) is 0 Å². The van der Waals surface area contributed by atoms with E-state index in [-0.39, 0.29) is 23.8 Å². The molecule has 4 rings (SSSR count). The number of aliphatic imine (C=N–C) groups is 1. The monoisotopic (exact) mass is 550 g/mol. The van der Waals surface area contributed by atoms with E-state index in [4.69, 9.17) is 14.2 Å². The van der Waals surface area contributed by atoms with Crippen molar-refractivity contribution in [3.63, 3.8) is 0 Å². The van der Waals surface area contributed by atoms with Gasteiger partial charge in [0, 0.05) is 37.4 Å². The van der Waals surface area contributed by atoms with Crippen molar-refractivity contribution in [2.24, 2.45) is 10.9 Å². The highest BCUT2D eigenvalue weighted by molar-refractivity contribution is 6.11. The fourth-order valence-electron chi connectivity index (χ4n) is 4.87. The molecule has 0 saturated heterocycles. The number of methoxy groups -OCH3 is 1. The Kier molecular flexibility index (Phi) is 10.3. The van der Waals surface area contributed by atoms with Gasteiger partial charge in [-0.3, -0.25) is 24.8 Å². The molecule has 10 heteroatoms. The number of unbranched alkanes of at least 4 members (excludes halogenated alkanes) is 2. The number of carbonyl (C=O) groups is 3. The number of rotatable bonds is 15. The standard InChI is InChI=1S/C30H38N4O6/c1-31-18-24-15-21-9-11-23(33-29(36)28(20-7-8-20)40-19-32-2)17-25(21)34(24)30(37)22-10-12-26(27(16-22)38-3)39-14-6-4-5-13-35/h9-13,16-18,20,24,28,32H,4-8,14-15,19H2,1-3H3,(H,33,36)/b31-18-. The van der Waals surface area contributed by atoms with Crippen LogP contribution in [0.5, 0.6) is 11.5 Å². The average Bonchev–Trinajstić information content (AvgIpc) is 3.73. The smallest absolute Gasteiger partial charge is 0.259 e. The number of benzene rings is 2. The van der Waals surface area contributed by atoms with Crippen molar-refractivity contribution in [3.8, 4) is 11.5 Å². The minimum Gasteiger partial charge on any atom is -0.493 e. The molecule has 1 aliphatic heterocycles. The number of anilines is 2. The van der Waals surface area contributed by atoms with Gasteiger partial charge in [0.1, 0.15) is 12.4 Å². The first-order chi connectivity index (χ1) is 19.5. The molecule has 1 heterocycles. The van der Waals surface area contributed by atoms with Crippen LogP contribution in [-0.4, -0.2) is 71.0 Å². The van der Waals surface area contributed by atoms with E-state index >= 15 is 0 Å². The van der Waals surface area contributed by atoms with Gasteiger partial charge in [0.15, 0.2) is 11.5 Å². The molecule has 2 atom stereocenters. The molecule has 2 unspecified atom stereocenters. The Morgan fingerprint density at radius 3 is 2.67 bits per heavy atom. The van der Waals surface area contributed by atoms with Crippen LogP contribution >= 0.6 is 0 Å². The van der Waals surface area contributed by atoms with E-state index in [2.05, 4.69) is 15.6 Å². The Bertz CT molecular complexity index is 1230. The summed E-state index contributed by atoms with van der Waals surface area (Å²) in [4.78, 5) is 43.3. The van der Waals surface area contributed by atoms with E-state index in [9.17, 15) is 14.4 Å². The summed E-state index contributed by atoms with van der Waals surface area (Å²) in [6.45, 7) is 0.745. The highest BCUT2D eigenvalue weighted by atomic mass is 16.5.